The van der Waals surface area contributed by atoms with Gasteiger partial charge in [-0.3, -0.25) is 4.55 Å². The highest BCUT2D eigenvalue weighted by Gasteiger charge is 2.27. The van der Waals surface area contributed by atoms with Crippen LogP contribution in [-0.4, -0.2) is 35.8 Å². The van der Waals surface area contributed by atoms with Crippen LogP contribution in [0.15, 0.2) is 16.3 Å². The van der Waals surface area contributed by atoms with Crippen LogP contribution in [-0.2, 0) is 10.4 Å². The van der Waals surface area contributed by atoms with Crippen LogP contribution in [0.4, 0.5) is 4.79 Å². The zero-order valence-electron chi connectivity index (χ0n) is 10.8. The van der Waals surface area contributed by atoms with Crippen LogP contribution in [0.2, 0.25) is 0 Å². The van der Waals surface area contributed by atoms with Gasteiger partial charge in [-0.2, -0.15) is 4.99 Å². The topological polar surface area (TPSA) is 111 Å². The lowest BCUT2D eigenvalue weighted by Gasteiger charge is -2.20. The minimum Gasteiger partial charge on any atom is -0.726 e. The first-order valence-corrected chi connectivity index (χ1v) is 6.82. The quantitative estimate of drug-likeness (QED) is 0.552. The van der Waals surface area contributed by atoms with Gasteiger partial charge in [0.1, 0.15) is 5.70 Å². The maximum atomic E-state index is 11.4. The van der Waals surface area contributed by atoms with Crippen molar-refractivity contribution in [1.29, 1.82) is 0 Å². The molecular weight excluding hydrogens is 260 g/mol. The third-order valence-electron chi connectivity index (χ3n) is 2.58. The van der Waals surface area contributed by atoms with Crippen LogP contribution in [0.1, 0.15) is 34.1 Å². The van der Waals surface area contributed by atoms with E-state index in [0.29, 0.717) is 0 Å². The number of amides is 2. The van der Waals surface area contributed by atoms with E-state index in [2.05, 4.69) is 11.9 Å². The Labute approximate surface area is 107 Å². The molecule has 8 heteroatoms. The molecule has 0 aromatic heterocycles. The van der Waals surface area contributed by atoms with E-state index in [-0.39, 0.29) is 6.03 Å². The summed E-state index contributed by atoms with van der Waals surface area (Å²) < 4.78 is 32.8. The van der Waals surface area contributed by atoms with Gasteiger partial charge in [0.05, 0.1) is 12.3 Å². The molecule has 0 saturated heterocycles. The van der Waals surface area contributed by atoms with E-state index in [1.807, 2.05) is 20.8 Å². The Morgan fingerprint density at radius 1 is 1.33 bits per heavy atom. The van der Waals surface area contributed by atoms with Crippen molar-refractivity contribution in [3.05, 3.63) is 11.3 Å². The summed E-state index contributed by atoms with van der Waals surface area (Å²) in [6.07, 6.45) is 0.956. The maximum absolute atomic E-state index is 11.4. The molecule has 1 unspecified atom stereocenters. The van der Waals surface area contributed by atoms with Gasteiger partial charge in [-0.1, -0.05) is 6.92 Å². The van der Waals surface area contributed by atoms with Crippen molar-refractivity contribution < 1.29 is 27.2 Å². The van der Waals surface area contributed by atoms with Gasteiger partial charge in [-0.15, -0.1) is 0 Å². The fourth-order valence-corrected chi connectivity index (χ4v) is 1.84. The average molecular weight is 278 g/mol. The van der Waals surface area contributed by atoms with Gasteiger partial charge >= 0.3 is 6.03 Å². The van der Waals surface area contributed by atoms with Gasteiger partial charge in [0.15, 0.2) is 0 Å². The largest absolute Gasteiger partial charge is 0.726 e. The summed E-state index contributed by atoms with van der Waals surface area (Å²) in [6.45, 7) is 8.81. The molecule has 0 saturated carbocycles. The summed E-state index contributed by atoms with van der Waals surface area (Å²) >= 11 is 0. The fraction of sp³-hybridized carbons (Fsp3) is 0.600. The molecule has 0 bridgehead atoms. The highest BCUT2D eigenvalue weighted by molar-refractivity contribution is 7.79. The summed E-state index contributed by atoms with van der Waals surface area (Å²) in [5, 5.41) is 0. The second-order valence-electron chi connectivity index (χ2n) is 3.72. The van der Waals surface area contributed by atoms with Crippen LogP contribution < -0.4 is 4.90 Å². The maximum Gasteiger partial charge on any atom is 0.445 e. The van der Waals surface area contributed by atoms with Crippen molar-refractivity contribution in [2.45, 2.75) is 34.1 Å². The monoisotopic (exact) mass is 278 g/mol. The number of rotatable bonds is 2. The molecule has 18 heavy (non-hydrogen) atoms. The van der Waals surface area contributed by atoms with Crippen LogP contribution in [0.5, 0.6) is 0 Å². The van der Waals surface area contributed by atoms with Crippen molar-refractivity contribution in [1.82, 2.24) is 0 Å². The van der Waals surface area contributed by atoms with Crippen LogP contribution >= 0.6 is 0 Å². The first-order valence-electron chi connectivity index (χ1n) is 5.46. The number of allylic oxidation sites excluding steroid dienone is 2. The van der Waals surface area contributed by atoms with Crippen LogP contribution in [0.25, 0.3) is 0 Å². The molecule has 0 radical (unpaired) electrons. The fourth-order valence-electron chi connectivity index (χ4n) is 1.84. The van der Waals surface area contributed by atoms with Crippen molar-refractivity contribution >= 4 is 22.1 Å². The zero-order valence-corrected chi connectivity index (χ0v) is 11.7. The van der Waals surface area contributed by atoms with E-state index in [4.69, 9.17) is 17.5 Å². The van der Waals surface area contributed by atoms with E-state index in [0.717, 1.165) is 29.3 Å². The minimum absolute atomic E-state index is 0.0466. The highest BCUT2D eigenvalue weighted by atomic mass is 32.3. The molecule has 1 heterocycles. The molecule has 1 rings (SSSR count). The second-order valence-corrected chi connectivity index (χ2v) is 4.57. The van der Waals surface area contributed by atoms with Crippen LogP contribution in [0, 0.1) is 0 Å². The van der Waals surface area contributed by atoms with Crippen molar-refractivity contribution in [3.8, 4) is 0 Å². The Hall–Kier alpha value is -1.09. The minimum atomic E-state index is -4.92. The van der Waals surface area contributed by atoms with E-state index >= 15 is 0 Å². The van der Waals surface area contributed by atoms with Crippen LogP contribution in [0.3, 0.4) is 0 Å². The van der Waals surface area contributed by atoms with Gasteiger partial charge in [0.2, 0.25) is 10.4 Å². The lowest BCUT2D eigenvalue weighted by atomic mass is 10.0. The molecule has 2 N–H and O–H groups in total. The zero-order chi connectivity index (χ0) is 14.5. The van der Waals surface area contributed by atoms with E-state index in [9.17, 15) is 4.79 Å². The standard InChI is InChI=1S/C10H16N2O.H2O4S/c1-5-9-7(3)11-10(13)12(6-2)8(9)4;1-5(2,3)4/h5-6H2,1-4H3;(H2,1,2,3,4). The van der Waals surface area contributed by atoms with E-state index < -0.39 is 10.4 Å². The molecule has 1 aliphatic rings. The SMILES string of the molecule is CCC1=C(C)[NH+](CC)C(=O)N=C1C.O=S(=O)([O-])O. The molecule has 2 amide bonds. The Kier molecular flexibility index (Phi) is 6.33. The lowest BCUT2D eigenvalue weighted by molar-refractivity contribution is -0.770. The van der Waals surface area contributed by atoms with Crippen molar-refractivity contribution in [2.24, 2.45) is 4.99 Å². The van der Waals surface area contributed by atoms with Gasteiger partial charge in [-0.05, 0) is 20.3 Å². The van der Waals surface area contributed by atoms with E-state index in [1.54, 1.807) is 0 Å². The molecule has 0 aromatic carbocycles. The summed E-state index contributed by atoms with van der Waals surface area (Å²) in [4.78, 5) is 16.3. The molecule has 0 aliphatic carbocycles. The number of hydrogen-bond acceptors (Lipinski definition) is 4. The molecule has 104 valence electrons. The number of carbonyl (C=O) groups is 1. The third-order valence-corrected chi connectivity index (χ3v) is 2.58. The molecule has 7 nitrogen and oxygen atoms in total. The van der Waals surface area contributed by atoms with Crippen molar-refractivity contribution in [2.75, 3.05) is 6.54 Å². The summed E-state index contributed by atoms with van der Waals surface area (Å²) in [5.41, 5.74) is 3.26. The molecule has 0 aromatic rings. The Morgan fingerprint density at radius 2 is 1.78 bits per heavy atom. The molecule has 0 fully saturated rings. The van der Waals surface area contributed by atoms with Gasteiger partial charge in [0, 0.05) is 12.5 Å². The van der Waals surface area contributed by atoms with E-state index in [1.165, 1.54) is 5.57 Å². The average Bonchev–Trinajstić information content (AvgIpc) is 2.15. The first kappa shape index (κ1) is 16.9. The highest BCUT2D eigenvalue weighted by Crippen LogP contribution is 2.09. The number of aliphatic imine (C=N–C) groups is 1. The predicted octanol–water partition coefficient (Wildman–Crippen LogP) is 0.174. The number of urea groups is 1. The molecule has 0 spiro atoms. The van der Waals surface area contributed by atoms with Crippen molar-refractivity contribution in [3.63, 3.8) is 0 Å². The summed E-state index contributed by atoms with van der Waals surface area (Å²) in [6, 6.07) is -0.0466. The Balaban J connectivity index is 0.000000494. The Morgan fingerprint density at radius 3 is 2.11 bits per heavy atom. The number of carbonyl (C=O) groups excluding carboxylic acids is 1. The molecule has 1 aliphatic heterocycles. The second kappa shape index (κ2) is 6.74. The predicted molar refractivity (Wildman–Crippen MR) is 65.3 cm³/mol. The molecular formula is C10H18N2O5S. The number of quaternary nitrogens is 1. The smallest absolute Gasteiger partial charge is 0.445 e. The normalized spacial score (nSPS) is 20.2. The van der Waals surface area contributed by atoms with Gasteiger partial charge in [0.25, 0.3) is 0 Å². The Bertz CT molecular complexity index is 470. The number of nitrogens with zero attached hydrogens (tertiary/aromatic N) is 1. The van der Waals surface area contributed by atoms with Gasteiger partial charge < -0.3 is 4.55 Å². The number of nitrogens with one attached hydrogen (secondary N) is 1. The first-order chi connectivity index (χ1) is 8.11. The lowest BCUT2D eigenvalue weighted by Crippen LogP contribution is -3.12. The molecule has 1 atom stereocenters. The van der Waals surface area contributed by atoms with Gasteiger partial charge in [-0.25, -0.2) is 18.1 Å². The number of hydrogen-bond donors (Lipinski definition) is 2. The summed E-state index contributed by atoms with van der Waals surface area (Å²) in [7, 11) is -4.92. The summed E-state index contributed by atoms with van der Waals surface area (Å²) in [5.74, 6) is 0. The third kappa shape index (κ3) is 5.50.